The fraction of sp³-hybridized carbons (Fsp3) is 0.900. The number of rotatable bonds is 5. The van der Waals surface area contributed by atoms with Crippen LogP contribution in [0.1, 0.15) is 80.1 Å². The summed E-state index contributed by atoms with van der Waals surface area (Å²) in [4.78, 5) is 0. The van der Waals surface area contributed by atoms with Crippen molar-refractivity contribution in [2.45, 2.75) is 84.8 Å². The highest BCUT2D eigenvalue weighted by Crippen LogP contribution is 2.56. The number of hydrogen-bond donors (Lipinski definition) is 0. The molecule has 0 aliphatic heterocycles. The van der Waals surface area contributed by atoms with Gasteiger partial charge in [0.2, 0.25) is 0 Å². The van der Waals surface area contributed by atoms with Gasteiger partial charge in [-0.15, -0.1) is 0 Å². The predicted octanol–water partition coefficient (Wildman–Crippen LogP) is 5.39. The average Bonchev–Trinajstić information content (AvgIpc) is 2.75. The lowest BCUT2D eigenvalue weighted by Gasteiger charge is -2.44. The maximum atomic E-state index is 12.3. The minimum absolute atomic E-state index is 0.324. The van der Waals surface area contributed by atoms with Gasteiger partial charge in [-0.2, -0.15) is 0 Å². The first kappa shape index (κ1) is 19.0. The summed E-state index contributed by atoms with van der Waals surface area (Å²) >= 11 is 0. The van der Waals surface area contributed by atoms with Gasteiger partial charge in [0.15, 0.2) is 9.84 Å². The second-order valence-corrected chi connectivity index (χ2v) is 12.1. The molecule has 23 heavy (non-hydrogen) atoms. The van der Waals surface area contributed by atoms with Crippen LogP contribution in [0.25, 0.3) is 0 Å². The lowest BCUT2D eigenvalue weighted by molar-refractivity contribution is 0.110. The third-order valence-electron chi connectivity index (χ3n) is 6.63. The molecule has 0 heterocycles. The van der Waals surface area contributed by atoms with Gasteiger partial charge in [-0.3, -0.25) is 0 Å². The largest absolute Gasteiger partial charge is 0.228 e. The molecule has 0 amide bonds. The molecule has 0 aromatic carbocycles. The van der Waals surface area contributed by atoms with Crippen LogP contribution in [0.4, 0.5) is 0 Å². The molecule has 0 radical (unpaired) electrons. The number of fused-ring (bicyclic) bond motifs is 1. The summed E-state index contributed by atoms with van der Waals surface area (Å²) in [5.74, 6) is 2.48. The van der Waals surface area contributed by atoms with E-state index in [0.29, 0.717) is 17.1 Å². The van der Waals surface area contributed by atoms with Gasteiger partial charge in [-0.25, -0.2) is 8.42 Å². The molecule has 2 aliphatic carbocycles. The van der Waals surface area contributed by atoms with Crippen molar-refractivity contribution in [3.05, 3.63) is 11.6 Å². The topological polar surface area (TPSA) is 34.1 Å². The van der Waals surface area contributed by atoms with Gasteiger partial charge in [-0.1, -0.05) is 45.3 Å². The van der Waals surface area contributed by atoms with Crippen LogP contribution in [0.3, 0.4) is 0 Å². The average molecular weight is 341 g/mol. The van der Waals surface area contributed by atoms with Gasteiger partial charge in [0.1, 0.15) is 0 Å². The smallest absolute Gasteiger partial charge is 0.155 e. The Morgan fingerprint density at radius 1 is 1.35 bits per heavy atom. The Morgan fingerprint density at radius 2 is 2.00 bits per heavy atom. The zero-order valence-electron chi connectivity index (χ0n) is 16.0. The van der Waals surface area contributed by atoms with Gasteiger partial charge in [0.05, 0.1) is 10.5 Å². The predicted molar refractivity (Wildman–Crippen MR) is 99.2 cm³/mol. The van der Waals surface area contributed by atoms with Crippen LogP contribution < -0.4 is 0 Å². The maximum Gasteiger partial charge on any atom is 0.155 e. The Hall–Kier alpha value is -0.310. The first-order valence-electron chi connectivity index (χ1n) is 9.42. The van der Waals surface area contributed by atoms with Crippen LogP contribution in [0.5, 0.6) is 0 Å². The standard InChI is InChI=1S/C20H36O2S/c1-15-9-7-13-20(6)17(15)11-12-18(20)16(2)10-8-14-23(21,22)19(3,4)5/h12,15-17H,7-11,13-14H2,1-6H3/t15?,16-,17?,20+/m1/s1. The van der Waals surface area contributed by atoms with E-state index in [1.54, 1.807) is 26.3 Å². The number of hydrogen-bond acceptors (Lipinski definition) is 2. The van der Waals surface area contributed by atoms with E-state index in [0.717, 1.165) is 24.7 Å². The van der Waals surface area contributed by atoms with Gasteiger partial charge in [0, 0.05) is 0 Å². The molecular weight excluding hydrogens is 304 g/mol. The highest BCUT2D eigenvalue weighted by molar-refractivity contribution is 7.92. The van der Waals surface area contributed by atoms with E-state index in [1.165, 1.54) is 25.7 Å². The van der Waals surface area contributed by atoms with Crippen molar-refractivity contribution in [2.24, 2.45) is 23.2 Å². The van der Waals surface area contributed by atoms with E-state index >= 15 is 0 Å². The van der Waals surface area contributed by atoms with Crippen LogP contribution in [0.2, 0.25) is 0 Å². The third kappa shape index (κ3) is 3.70. The molecule has 134 valence electrons. The molecule has 1 saturated carbocycles. The minimum atomic E-state index is -2.98. The summed E-state index contributed by atoms with van der Waals surface area (Å²) in [6, 6.07) is 0. The monoisotopic (exact) mass is 340 g/mol. The molecule has 0 aromatic heterocycles. The van der Waals surface area contributed by atoms with Crippen LogP contribution in [0.15, 0.2) is 11.6 Å². The summed E-state index contributed by atoms with van der Waals surface area (Å²) in [7, 11) is -2.98. The first-order chi connectivity index (χ1) is 10.5. The zero-order chi connectivity index (χ0) is 17.5. The summed E-state index contributed by atoms with van der Waals surface area (Å²) in [6.07, 6.45) is 9.55. The van der Waals surface area contributed by atoms with Crippen molar-refractivity contribution < 1.29 is 8.42 Å². The normalized spacial score (nSPS) is 33.2. The molecule has 2 rings (SSSR count). The third-order valence-corrected chi connectivity index (χ3v) is 9.32. The molecule has 0 spiro atoms. The van der Waals surface area contributed by atoms with Gasteiger partial charge >= 0.3 is 0 Å². The molecule has 1 fully saturated rings. The maximum absolute atomic E-state index is 12.3. The van der Waals surface area contributed by atoms with E-state index in [2.05, 4.69) is 26.8 Å². The molecular formula is C20H36O2S. The summed E-state index contributed by atoms with van der Waals surface area (Å²) < 4.78 is 23.9. The molecule has 3 heteroatoms. The van der Waals surface area contributed by atoms with E-state index in [9.17, 15) is 8.42 Å². The number of allylic oxidation sites excluding steroid dienone is 2. The van der Waals surface area contributed by atoms with E-state index in [1.807, 2.05) is 0 Å². The highest BCUT2D eigenvalue weighted by Gasteiger charge is 2.46. The number of sulfone groups is 1. The van der Waals surface area contributed by atoms with Crippen molar-refractivity contribution in [3.63, 3.8) is 0 Å². The molecule has 0 bridgehead atoms. The second-order valence-electron chi connectivity index (χ2n) is 9.26. The summed E-state index contributed by atoms with van der Waals surface area (Å²) in [5, 5.41) is 0. The van der Waals surface area contributed by atoms with E-state index in [-0.39, 0.29) is 0 Å². The Kier molecular flexibility index (Phi) is 5.41. The minimum Gasteiger partial charge on any atom is -0.228 e. The Bertz CT molecular complexity index is 553. The Balaban J connectivity index is 1.96. The molecule has 0 aromatic rings. The molecule has 2 aliphatic rings. The van der Waals surface area contributed by atoms with Crippen LogP contribution in [-0.4, -0.2) is 18.9 Å². The lowest BCUT2D eigenvalue weighted by atomic mass is 9.60. The molecule has 4 atom stereocenters. The molecule has 0 N–H and O–H groups in total. The quantitative estimate of drug-likeness (QED) is 0.629. The first-order valence-corrected chi connectivity index (χ1v) is 11.1. The highest BCUT2D eigenvalue weighted by atomic mass is 32.2. The van der Waals surface area contributed by atoms with Crippen LogP contribution >= 0.6 is 0 Å². The van der Waals surface area contributed by atoms with Crippen molar-refractivity contribution in [1.82, 2.24) is 0 Å². The SMILES string of the molecule is CC1CCC[C@]2(C)C([C@H](C)CCCS(=O)(=O)C(C)(C)C)=CCC12. The van der Waals surface area contributed by atoms with Crippen molar-refractivity contribution in [3.8, 4) is 0 Å². The Labute approximate surface area is 144 Å². The van der Waals surface area contributed by atoms with E-state index in [4.69, 9.17) is 0 Å². The lowest BCUT2D eigenvalue weighted by Crippen LogP contribution is -2.35. The van der Waals surface area contributed by atoms with Crippen LogP contribution in [0, 0.1) is 23.2 Å². The van der Waals surface area contributed by atoms with Crippen LogP contribution in [-0.2, 0) is 9.84 Å². The molecule has 2 unspecified atom stereocenters. The van der Waals surface area contributed by atoms with Crippen molar-refractivity contribution >= 4 is 9.84 Å². The fourth-order valence-corrected chi connectivity index (χ4v) is 6.11. The van der Waals surface area contributed by atoms with E-state index < -0.39 is 14.6 Å². The summed E-state index contributed by atoms with van der Waals surface area (Å²) in [6.45, 7) is 12.6. The summed E-state index contributed by atoms with van der Waals surface area (Å²) in [5.41, 5.74) is 2.00. The Morgan fingerprint density at radius 3 is 2.61 bits per heavy atom. The van der Waals surface area contributed by atoms with Gasteiger partial charge in [0.25, 0.3) is 0 Å². The van der Waals surface area contributed by atoms with Crippen molar-refractivity contribution in [2.75, 3.05) is 5.75 Å². The zero-order valence-corrected chi connectivity index (χ0v) is 16.8. The van der Waals surface area contributed by atoms with Gasteiger partial charge < -0.3 is 0 Å². The second kappa shape index (κ2) is 6.54. The van der Waals surface area contributed by atoms with Gasteiger partial charge in [-0.05, 0) is 69.6 Å². The molecule has 2 nitrogen and oxygen atoms in total. The molecule has 0 saturated heterocycles. The van der Waals surface area contributed by atoms with Crippen molar-refractivity contribution in [1.29, 1.82) is 0 Å². The fourth-order valence-electron chi connectivity index (χ4n) is 4.95.